The standard InChI is InChI=1S/C16H16N2O2/c19-12-8-6-11(7-9-12)16(20)18-15-5-1-4-14-13(15)3-2-10-17-14/h1,4-9,17,19H,2-3,10H2,(H,18,20). The second-order valence-electron chi connectivity index (χ2n) is 4.86. The number of hydrogen-bond acceptors (Lipinski definition) is 3. The molecule has 1 aliphatic rings. The summed E-state index contributed by atoms with van der Waals surface area (Å²) in [5.74, 6) is -0.00758. The first kappa shape index (κ1) is 12.5. The average molecular weight is 268 g/mol. The number of fused-ring (bicyclic) bond motifs is 1. The Hall–Kier alpha value is -2.49. The van der Waals surface area contributed by atoms with Gasteiger partial charge in [-0.2, -0.15) is 0 Å². The monoisotopic (exact) mass is 268 g/mol. The van der Waals surface area contributed by atoms with Crippen LogP contribution in [-0.4, -0.2) is 17.6 Å². The fraction of sp³-hybridized carbons (Fsp3) is 0.188. The summed E-state index contributed by atoms with van der Waals surface area (Å²) in [5, 5.41) is 15.5. The number of anilines is 2. The Balaban J connectivity index is 1.84. The highest BCUT2D eigenvalue weighted by atomic mass is 16.3. The normalized spacial score (nSPS) is 13.2. The lowest BCUT2D eigenvalue weighted by Crippen LogP contribution is -2.17. The van der Waals surface area contributed by atoms with Crippen LogP contribution in [0, 0.1) is 0 Å². The number of benzene rings is 2. The lowest BCUT2D eigenvalue weighted by Gasteiger charge is -2.21. The van der Waals surface area contributed by atoms with Gasteiger partial charge < -0.3 is 15.7 Å². The Morgan fingerprint density at radius 3 is 2.75 bits per heavy atom. The highest BCUT2D eigenvalue weighted by molar-refractivity contribution is 6.05. The van der Waals surface area contributed by atoms with Gasteiger partial charge in [0, 0.05) is 23.5 Å². The Bertz CT molecular complexity index is 635. The summed E-state index contributed by atoms with van der Waals surface area (Å²) in [6.45, 7) is 0.975. The lowest BCUT2D eigenvalue weighted by atomic mass is 10.0. The number of carbonyl (C=O) groups excluding carboxylic acids is 1. The second kappa shape index (κ2) is 5.25. The van der Waals surface area contributed by atoms with Crippen LogP contribution in [-0.2, 0) is 6.42 Å². The molecule has 0 atom stereocenters. The molecule has 0 radical (unpaired) electrons. The minimum Gasteiger partial charge on any atom is -0.508 e. The van der Waals surface area contributed by atoms with E-state index in [0.717, 1.165) is 36.3 Å². The first-order valence-electron chi connectivity index (χ1n) is 6.70. The van der Waals surface area contributed by atoms with Gasteiger partial charge in [-0.05, 0) is 54.8 Å². The van der Waals surface area contributed by atoms with E-state index in [0.29, 0.717) is 5.56 Å². The van der Waals surface area contributed by atoms with Crippen molar-refractivity contribution in [2.75, 3.05) is 17.2 Å². The minimum atomic E-state index is -0.163. The number of aromatic hydroxyl groups is 1. The number of carbonyl (C=O) groups is 1. The highest BCUT2D eigenvalue weighted by Crippen LogP contribution is 2.29. The SMILES string of the molecule is O=C(Nc1cccc2c1CCCN2)c1ccc(O)cc1. The Morgan fingerprint density at radius 2 is 1.95 bits per heavy atom. The van der Waals surface area contributed by atoms with Crippen LogP contribution < -0.4 is 10.6 Å². The van der Waals surface area contributed by atoms with E-state index in [1.807, 2.05) is 18.2 Å². The molecule has 0 aromatic heterocycles. The van der Waals surface area contributed by atoms with Crippen LogP contribution in [0.4, 0.5) is 11.4 Å². The van der Waals surface area contributed by atoms with Crippen LogP contribution in [0.25, 0.3) is 0 Å². The van der Waals surface area contributed by atoms with Gasteiger partial charge in [-0.15, -0.1) is 0 Å². The van der Waals surface area contributed by atoms with E-state index >= 15 is 0 Å². The van der Waals surface area contributed by atoms with Crippen molar-refractivity contribution < 1.29 is 9.90 Å². The van der Waals surface area contributed by atoms with Crippen molar-refractivity contribution in [1.82, 2.24) is 0 Å². The largest absolute Gasteiger partial charge is 0.508 e. The molecule has 102 valence electrons. The first-order valence-corrected chi connectivity index (χ1v) is 6.70. The molecule has 2 aromatic rings. The maximum Gasteiger partial charge on any atom is 0.255 e. The summed E-state index contributed by atoms with van der Waals surface area (Å²) in [7, 11) is 0. The average Bonchev–Trinajstić information content (AvgIpc) is 2.48. The molecule has 1 aliphatic heterocycles. The maximum atomic E-state index is 12.2. The van der Waals surface area contributed by atoms with Gasteiger partial charge in [0.25, 0.3) is 5.91 Å². The molecule has 0 fully saturated rings. The predicted molar refractivity (Wildman–Crippen MR) is 79.3 cm³/mol. The van der Waals surface area contributed by atoms with E-state index < -0.39 is 0 Å². The van der Waals surface area contributed by atoms with Crippen LogP contribution in [0.5, 0.6) is 5.75 Å². The summed E-state index contributed by atoms with van der Waals surface area (Å²) in [4.78, 5) is 12.2. The molecule has 20 heavy (non-hydrogen) atoms. The zero-order valence-electron chi connectivity index (χ0n) is 11.0. The fourth-order valence-corrected chi connectivity index (χ4v) is 2.43. The van der Waals surface area contributed by atoms with Gasteiger partial charge in [-0.1, -0.05) is 6.07 Å². The van der Waals surface area contributed by atoms with Gasteiger partial charge in [0.05, 0.1) is 0 Å². The number of nitrogens with one attached hydrogen (secondary N) is 2. The van der Waals surface area contributed by atoms with Crippen LogP contribution in [0.15, 0.2) is 42.5 Å². The van der Waals surface area contributed by atoms with Crippen molar-refractivity contribution in [2.45, 2.75) is 12.8 Å². The number of amides is 1. The topological polar surface area (TPSA) is 61.4 Å². The van der Waals surface area contributed by atoms with Crippen LogP contribution >= 0.6 is 0 Å². The molecule has 0 spiro atoms. The molecule has 1 heterocycles. The Morgan fingerprint density at radius 1 is 1.15 bits per heavy atom. The number of rotatable bonds is 2. The summed E-state index contributed by atoms with van der Waals surface area (Å²) in [5.41, 5.74) is 3.64. The van der Waals surface area contributed by atoms with E-state index in [2.05, 4.69) is 10.6 Å². The number of phenolic OH excluding ortho intramolecular Hbond substituents is 1. The molecule has 0 bridgehead atoms. The zero-order chi connectivity index (χ0) is 13.9. The first-order chi connectivity index (χ1) is 9.74. The Labute approximate surface area is 117 Å². The van der Waals surface area contributed by atoms with Crippen molar-refractivity contribution in [1.29, 1.82) is 0 Å². The van der Waals surface area contributed by atoms with Gasteiger partial charge in [-0.3, -0.25) is 4.79 Å². The van der Waals surface area contributed by atoms with Crippen LogP contribution in [0.2, 0.25) is 0 Å². The van der Waals surface area contributed by atoms with E-state index in [-0.39, 0.29) is 11.7 Å². The summed E-state index contributed by atoms with van der Waals surface area (Å²) >= 11 is 0. The van der Waals surface area contributed by atoms with Crippen molar-refractivity contribution >= 4 is 17.3 Å². The second-order valence-corrected chi connectivity index (χ2v) is 4.86. The molecular formula is C16H16N2O2. The Kier molecular flexibility index (Phi) is 3.29. The third-order valence-electron chi connectivity index (χ3n) is 3.47. The molecular weight excluding hydrogens is 252 g/mol. The predicted octanol–water partition coefficient (Wildman–Crippen LogP) is 3.00. The van der Waals surface area contributed by atoms with Crippen molar-refractivity contribution in [2.24, 2.45) is 0 Å². The fourth-order valence-electron chi connectivity index (χ4n) is 2.43. The molecule has 0 saturated carbocycles. The zero-order valence-corrected chi connectivity index (χ0v) is 11.0. The molecule has 0 saturated heterocycles. The smallest absolute Gasteiger partial charge is 0.255 e. The van der Waals surface area contributed by atoms with E-state index in [4.69, 9.17) is 0 Å². The number of phenols is 1. The molecule has 4 nitrogen and oxygen atoms in total. The van der Waals surface area contributed by atoms with Crippen LogP contribution in [0.3, 0.4) is 0 Å². The molecule has 2 aromatic carbocycles. The minimum absolute atomic E-state index is 0.155. The molecule has 0 aliphatic carbocycles. The number of hydrogen-bond donors (Lipinski definition) is 3. The van der Waals surface area contributed by atoms with Crippen molar-refractivity contribution in [3.63, 3.8) is 0 Å². The third-order valence-corrected chi connectivity index (χ3v) is 3.47. The van der Waals surface area contributed by atoms with Gasteiger partial charge in [0.2, 0.25) is 0 Å². The maximum absolute atomic E-state index is 12.2. The van der Waals surface area contributed by atoms with E-state index in [1.54, 1.807) is 12.1 Å². The third kappa shape index (κ3) is 2.45. The summed E-state index contributed by atoms with van der Waals surface area (Å²) in [6.07, 6.45) is 2.04. The van der Waals surface area contributed by atoms with Gasteiger partial charge in [-0.25, -0.2) is 0 Å². The molecule has 3 rings (SSSR count). The molecule has 4 heteroatoms. The molecule has 1 amide bonds. The van der Waals surface area contributed by atoms with E-state index in [9.17, 15) is 9.90 Å². The van der Waals surface area contributed by atoms with E-state index in [1.165, 1.54) is 12.1 Å². The van der Waals surface area contributed by atoms with Crippen LogP contribution in [0.1, 0.15) is 22.3 Å². The summed E-state index contributed by atoms with van der Waals surface area (Å²) in [6, 6.07) is 12.1. The van der Waals surface area contributed by atoms with Crippen molar-refractivity contribution in [3.8, 4) is 5.75 Å². The van der Waals surface area contributed by atoms with Gasteiger partial charge >= 0.3 is 0 Å². The quantitative estimate of drug-likeness (QED) is 0.784. The van der Waals surface area contributed by atoms with Gasteiger partial charge in [0.15, 0.2) is 0 Å². The summed E-state index contributed by atoms with van der Waals surface area (Å²) < 4.78 is 0. The highest BCUT2D eigenvalue weighted by Gasteiger charge is 2.14. The molecule has 3 N–H and O–H groups in total. The van der Waals surface area contributed by atoms with Gasteiger partial charge in [0.1, 0.15) is 5.75 Å². The lowest BCUT2D eigenvalue weighted by molar-refractivity contribution is 0.102. The van der Waals surface area contributed by atoms with Crippen molar-refractivity contribution in [3.05, 3.63) is 53.6 Å². The molecule has 0 unspecified atom stereocenters.